The lowest BCUT2D eigenvalue weighted by atomic mass is 10.1. The molecule has 0 unspecified atom stereocenters. The maximum Gasteiger partial charge on any atom is 0.258 e. The Kier molecular flexibility index (Phi) is 6.51. The molecule has 2 aromatic carbocycles. The first kappa shape index (κ1) is 18.4. The Balaban J connectivity index is 1.66. The van der Waals surface area contributed by atoms with Gasteiger partial charge in [0.25, 0.3) is 11.8 Å². The standard InChI is InChI=1S/C19H21FN2O3/c1-13-3-7-16(8-4-13)25-12-18(23)21-9-10-22-19(24)15-6-5-14(2)17(20)11-15/h3-8,11H,9-10,12H2,1-2H3,(H,21,23)(H,22,24). The van der Waals surface area contributed by atoms with Crippen LogP contribution in [-0.2, 0) is 4.79 Å². The van der Waals surface area contributed by atoms with Crippen LogP contribution in [0, 0.1) is 19.7 Å². The third kappa shape index (κ3) is 5.91. The highest BCUT2D eigenvalue weighted by atomic mass is 19.1. The lowest BCUT2D eigenvalue weighted by Gasteiger charge is -2.09. The number of ether oxygens (including phenoxy) is 1. The van der Waals surface area contributed by atoms with E-state index >= 15 is 0 Å². The Bertz CT molecular complexity index is 745. The lowest BCUT2D eigenvalue weighted by Crippen LogP contribution is -2.36. The topological polar surface area (TPSA) is 67.4 Å². The molecule has 25 heavy (non-hydrogen) atoms. The summed E-state index contributed by atoms with van der Waals surface area (Å²) in [6, 6.07) is 11.7. The molecule has 0 aliphatic heterocycles. The first-order valence-corrected chi connectivity index (χ1v) is 7.96. The Morgan fingerprint density at radius 2 is 1.68 bits per heavy atom. The van der Waals surface area contributed by atoms with E-state index in [1.807, 2.05) is 19.1 Å². The van der Waals surface area contributed by atoms with Crippen molar-refractivity contribution >= 4 is 11.8 Å². The van der Waals surface area contributed by atoms with E-state index in [9.17, 15) is 14.0 Å². The fraction of sp³-hybridized carbons (Fsp3) is 0.263. The molecule has 132 valence electrons. The van der Waals surface area contributed by atoms with Gasteiger partial charge >= 0.3 is 0 Å². The number of carbonyl (C=O) groups excluding carboxylic acids is 2. The minimum absolute atomic E-state index is 0.0970. The van der Waals surface area contributed by atoms with E-state index in [-0.39, 0.29) is 37.1 Å². The summed E-state index contributed by atoms with van der Waals surface area (Å²) in [5.41, 5.74) is 1.84. The van der Waals surface area contributed by atoms with Gasteiger partial charge in [0.1, 0.15) is 11.6 Å². The molecule has 6 heteroatoms. The van der Waals surface area contributed by atoms with Crippen molar-refractivity contribution in [2.45, 2.75) is 13.8 Å². The van der Waals surface area contributed by atoms with Crippen molar-refractivity contribution in [2.24, 2.45) is 0 Å². The van der Waals surface area contributed by atoms with Gasteiger partial charge in [-0.3, -0.25) is 9.59 Å². The second-order valence-electron chi connectivity index (χ2n) is 5.67. The van der Waals surface area contributed by atoms with Crippen LogP contribution in [0.5, 0.6) is 5.75 Å². The van der Waals surface area contributed by atoms with Gasteiger partial charge in [-0.2, -0.15) is 0 Å². The number of carbonyl (C=O) groups is 2. The number of halogens is 1. The molecule has 0 bridgehead atoms. The molecule has 0 fully saturated rings. The first-order chi connectivity index (χ1) is 12.0. The van der Waals surface area contributed by atoms with E-state index < -0.39 is 5.82 Å². The predicted molar refractivity (Wildman–Crippen MR) is 93.2 cm³/mol. The van der Waals surface area contributed by atoms with Crippen molar-refractivity contribution in [1.29, 1.82) is 0 Å². The molecular formula is C19H21FN2O3. The second kappa shape index (κ2) is 8.82. The molecular weight excluding hydrogens is 323 g/mol. The van der Waals surface area contributed by atoms with Crippen molar-refractivity contribution in [1.82, 2.24) is 10.6 Å². The molecule has 0 aliphatic rings. The summed E-state index contributed by atoms with van der Waals surface area (Å²) in [6.07, 6.45) is 0. The molecule has 0 spiro atoms. The normalized spacial score (nSPS) is 10.2. The molecule has 2 rings (SSSR count). The molecule has 0 saturated carbocycles. The monoisotopic (exact) mass is 344 g/mol. The van der Waals surface area contributed by atoms with Crippen molar-refractivity contribution in [3.05, 3.63) is 65.0 Å². The molecule has 0 saturated heterocycles. The number of hydrogen-bond acceptors (Lipinski definition) is 3. The van der Waals surface area contributed by atoms with Gasteiger partial charge < -0.3 is 15.4 Å². The average molecular weight is 344 g/mol. The minimum atomic E-state index is -0.422. The van der Waals surface area contributed by atoms with Crippen LogP contribution in [0.2, 0.25) is 0 Å². The van der Waals surface area contributed by atoms with E-state index in [4.69, 9.17) is 4.74 Å². The molecule has 0 aliphatic carbocycles. The van der Waals surface area contributed by atoms with E-state index in [1.165, 1.54) is 6.07 Å². The van der Waals surface area contributed by atoms with Gasteiger partial charge in [-0.15, -0.1) is 0 Å². The van der Waals surface area contributed by atoms with Crippen LogP contribution >= 0.6 is 0 Å². The van der Waals surface area contributed by atoms with E-state index in [2.05, 4.69) is 10.6 Å². The highest BCUT2D eigenvalue weighted by Crippen LogP contribution is 2.11. The molecule has 0 aromatic heterocycles. The van der Waals surface area contributed by atoms with Gasteiger partial charge in [0.05, 0.1) is 0 Å². The quantitative estimate of drug-likeness (QED) is 0.758. The molecule has 0 heterocycles. The Morgan fingerprint density at radius 3 is 2.36 bits per heavy atom. The predicted octanol–water partition coefficient (Wildman–Crippen LogP) is 2.37. The fourth-order valence-corrected chi connectivity index (χ4v) is 2.05. The molecule has 5 nitrogen and oxygen atoms in total. The van der Waals surface area contributed by atoms with E-state index in [0.29, 0.717) is 11.3 Å². The summed E-state index contributed by atoms with van der Waals surface area (Å²) in [4.78, 5) is 23.6. The zero-order valence-corrected chi connectivity index (χ0v) is 14.3. The maximum absolute atomic E-state index is 13.4. The third-order valence-corrected chi connectivity index (χ3v) is 3.56. The lowest BCUT2D eigenvalue weighted by molar-refractivity contribution is -0.123. The number of nitrogens with one attached hydrogen (secondary N) is 2. The van der Waals surface area contributed by atoms with Gasteiger partial charge in [-0.05, 0) is 43.7 Å². The fourth-order valence-electron chi connectivity index (χ4n) is 2.05. The van der Waals surface area contributed by atoms with Gasteiger partial charge in [-0.25, -0.2) is 4.39 Å². The highest BCUT2D eigenvalue weighted by Gasteiger charge is 2.08. The van der Waals surface area contributed by atoms with Crippen LogP contribution < -0.4 is 15.4 Å². The van der Waals surface area contributed by atoms with Crippen LogP contribution in [0.15, 0.2) is 42.5 Å². The maximum atomic E-state index is 13.4. The SMILES string of the molecule is Cc1ccc(OCC(=O)NCCNC(=O)c2ccc(C)c(F)c2)cc1. The summed E-state index contributed by atoms with van der Waals surface area (Å²) < 4.78 is 18.8. The molecule has 2 amide bonds. The van der Waals surface area contributed by atoms with Crippen LogP contribution in [0.1, 0.15) is 21.5 Å². The molecule has 2 N–H and O–H groups in total. The summed E-state index contributed by atoms with van der Waals surface area (Å²) >= 11 is 0. The Morgan fingerprint density at radius 1 is 1.00 bits per heavy atom. The minimum Gasteiger partial charge on any atom is -0.484 e. The van der Waals surface area contributed by atoms with Crippen molar-refractivity contribution in [2.75, 3.05) is 19.7 Å². The zero-order valence-electron chi connectivity index (χ0n) is 14.3. The van der Waals surface area contributed by atoms with Gasteiger partial charge in [0, 0.05) is 18.7 Å². The van der Waals surface area contributed by atoms with Crippen molar-refractivity contribution in [3.63, 3.8) is 0 Å². The molecule has 0 atom stereocenters. The average Bonchev–Trinajstić information content (AvgIpc) is 2.60. The molecule has 0 radical (unpaired) electrons. The number of aryl methyl sites for hydroxylation is 2. The summed E-state index contributed by atoms with van der Waals surface area (Å²) in [6.45, 7) is 4.00. The third-order valence-electron chi connectivity index (χ3n) is 3.56. The molecule has 2 aromatic rings. The van der Waals surface area contributed by atoms with Gasteiger partial charge in [-0.1, -0.05) is 23.8 Å². The largest absolute Gasteiger partial charge is 0.484 e. The number of benzene rings is 2. The Hall–Kier alpha value is -2.89. The number of rotatable bonds is 7. The summed E-state index contributed by atoms with van der Waals surface area (Å²) in [7, 11) is 0. The van der Waals surface area contributed by atoms with Crippen LogP contribution in [0.25, 0.3) is 0 Å². The van der Waals surface area contributed by atoms with Gasteiger partial charge in [0.15, 0.2) is 6.61 Å². The van der Waals surface area contributed by atoms with Crippen LogP contribution in [-0.4, -0.2) is 31.5 Å². The van der Waals surface area contributed by atoms with E-state index in [0.717, 1.165) is 5.56 Å². The number of amides is 2. The summed E-state index contributed by atoms with van der Waals surface area (Å²) in [5, 5.41) is 5.26. The van der Waals surface area contributed by atoms with Crippen molar-refractivity contribution in [3.8, 4) is 5.75 Å². The van der Waals surface area contributed by atoms with E-state index in [1.54, 1.807) is 31.2 Å². The van der Waals surface area contributed by atoms with Gasteiger partial charge in [0.2, 0.25) is 0 Å². The van der Waals surface area contributed by atoms with Crippen LogP contribution in [0.4, 0.5) is 4.39 Å². The number of hydrogen-bond donors (Lipinski definition) is 2. The van der Waals surface area contributed by atoms with Crippen molar-refractivity contribution < 1.29 is 18.7 Å². The zero-order chi connectivity index (χ0) is 18.2. The van der Waals surface area contributed by atoms with Crippen LogP contribution in [0.3, 0.4) is 0 Å². The second-order valence-corrected chi connectivity index (χ2v) is 5.67. The summed E-state index contributed by atoms with van der Waals surface area (Å²) in [5.74, 6) is -0.468. The first-order valence-electron chi connectivity index (χ1n) is 7.96. The highest BCUT2D eigenvalue weighted by molar-refractivity contribution is 5.94. The smallest absolute Gasteiger partial charge is 0.258 e. The Labute approximate surface area is 146 Å².